The lowest BCUT2D eigenvalue weighted by Gasteiger charge is -1.99. The van der Waals surface area contributed by atoms with Crippen LogP contribution < -0.4 is 0 Å². The van der Waals surface area contributed by atoms with Gasteiger partial charge in [-0.15, -0.1) is 5.92 Å². The third-order valence-corrected chi connectivity index (χ3v) is 0.572. The maximum Gasteiger partial charge on any atom is 0.0596 e. The number of hydrogen-bond acceptors (Lipinski definition) is 1. The van der Waals surface area contributed by atoms with E-state index in [-0.39, 0.29) is 0 Å². The molecule has 0 bridgehead atoms. The van der Waals surface area contributed by atoms with Crippen molar-refractivity contribution in [3.63, 3.8) is 0 Å². The van der Waals surface area contributed by atoms with Gasteiger partial charge in [-0.3, -0.25) is 4.90 Å². The minimum atomic E-state index is 0.872. The summed E-state index contributed by atoms with van der Waals surface area (Å²) < 4.78 is 0. The molecule has 0 N–H and O–H groups in total. The first-order chi connectivity index (χ1) is 4.27. The molecule has 0 saturated heterocycles. The molecule has 0 saturated carbocycles. The lowest BCUT2D eigenvalue weighted by molar-refractivity contribution is 0.464. The van der Waals surface area contributed by atoms with Gasteiger partial charge in [0.05, 0.1) is 6.54 Å². The van der Waals surface area contributed by atoms with E-state index < -0.39 is 0 Å². The average Bonchev–Trinajstić information content (AvgIpc) is 1.88. The topological polar surface area (TPSA) is 3.24 Å². The van der Waals surface area contributed by atoms with Crippen LogP contribution in [0.15, 0.2) is 0 Å². The van der Waals surface area contributed by atoms with Gasteiger partial charge in [-0.25, -0.2) is 0 Å². The maximum absolute atomic E-state index is 2.92. The molecule has 0 aromatic carbocycles. The molecule has 1 nitrogen and oxygen atoms in total. The van der Waals surface area contributed by atoms with Gasteiger partial charge in [0.25, 0.3) is 0 Å². The Morgan fingerprint density at radius 2 is 1.67 bits per heavy atom. The molecule has 0 aliphatic carbocycles. The van der Waals surface area contributed by atoms with Crippen molar-refractivity contribution < 1.29 is 0 Å². The Morgan fingerprint density at radius 3 is 1.78 bits per heavy atom. The Morgan fingerprint density at radius 1 is 1.22 bits per heavy atom. The second-order valence-electron chi connectivity index (χ2n) is 1.66. The standard InChI is InChI=1S/C6H11N.C2H6/c1-4-5-6-7(2)3;1-2/h6H2,1-3H3;1-2H3. The smallest absolute Gasteiger partial charge is 0.0596 e. The fourth-order valence-electron chi connectivity index (χ4n) is 0.237. The van der Waals surface area contributed by atoms with E-state index in [1.165, 1.54) is 0 Å². The van der Waals surface area contributed by atoms with Crippen LogP contribution in [0.25, 0.3) is 0 Å². The van der Waals surface area contributed by atoms with Crippen molar-refractivity contribution in [3.05, 3.63) is 0 Å². The van der Waals surface area contributed by atoms with Gasteiger partial charge in [-0.2, -0.15) is 0 Å². The Kier molecular flexibility index (Phi) is 13.2. The molecule has 0 aliphatic heterocycles. The van der Waals surface area contributed by atoms with Crippen molar-refractivity contribution in [3.8, 4) is 11.8 Å². The van der Waals surface area contributed by atoms with Gasteiger partial charge >= 0.3 is 0 Å². The van der Waals surface area contributed by atoms with Crippen LogP contribution in [0, 0.1) is 11.8 Å². The Hall–Kier alpha value is -0.480. The van der Waals surface area contributed by atoms with Crippen LogP contribution in [-0.2, 0) is 0 Å². The fraction of sp³-hybridized carbons (Fsp3) is 0.750. The van der Waals surface area contributed by atoms with E-state index >= 15 is 0 Å². The highest BCUT2D eigenvalue weighted by Gasteiger charge is 1.76. The van der Waals surface area contributed by atoms with Crippen LogP contribution >= 0.6 is 0 Å². The summed E-state index contributed by atoms with van der Waals surface area (Å²) in [6.45, 7) is 6.72. The molecule has 0 heterocycles. The van der Waals surface area contributed by atoms with Crippen LogP contribution in [-0.4, -0.2) is 25.5 Å². The van der Waals surface area contributed by atoms with E-state index in [1.54, 1.807) is 0 Å². The van der Waals surface area contributed by atoms with Gasteiger partial charge in [0.1, 0.15) is 0 Å². The van der Waals surface area contributed by atoms with E-state index in [9.17, 15) is 0 Å². The molecule has 0 aliphatic rings. The zero-order valence-corrected chi connectivity index (χ0v) is 7.15. The van der Waals surface area contributed by atoms with Crippen LogP contribution in [0.2, 0.25) is 0 Å². The molecular weight excluding hydrogens is 110 g/mol. The summed E-state index contributed by atoms with van der Waals surface area (Å²) in [4.78, 5) is 2.04. The number of rotatable bonds is 1. The Balaban J connectivity index is 0. The highest BCUT2D eigenvalue weighted by Crippen LogP contribution is 1.66. The van der Waals surface area contributed by atoms with Crippen LogP contribution in [0.1, 0.15) is 20.8 Å². The SMILES string of the molecule is CC.CC#CCN(C)C. The van der Waals surface area contributed by atoms with Crippen LogP contribution in [0.3, 0.4) is 0 Å². The Bertz CT molecular complexity index is 84.5. The molecule has 0 spiro atoms. The summed E-state index contributed by atoms with van der Waals surface area (Å²) in [5.74, 6) is 5.73. The Labute approximate surface area is 59.1 Å². The van der Waals surface area contributed by atoms with Crippen molar-refractivity contribution in [1.29, 1.82) is 0 Å². The van der Waals surface area contributed by atoms with Crippen LogP contribution in [0.5, 0.6) is 0 Å². The lowest BCUT2D eigenvalue weighted by Crippen LogP contribution is -2.10. The molecule has 9 heavy (non-hydrogen) atoms. The highest BCUT2D eigenvalue weighted by atomic mass is 15.0. The summed E-state index contributed by atoms with van der Waals surface area (Å²) in [5.41, 5.74) is 0. The number of hydrogen-bond donors (Lipinski definition) is 0. The monoisotopic (exact) mass is 127 g/mol. The van der Waals surface area contributed by atoms with Gasteiger partial charge in [-0.1, -0.05) is 19.8 Å². The van der Waals surface area contributed by atoms with Crippen molar-refractivity contribution in [2.24, 2.45) is 0 Å². The largest absolute Gasteiger partial charge is 0.299 e. The summed E-state index contributed by atoms with van der Waals surface area (Å²) in [7, 11) is 4.01. The lowest BCUT2D eigenvalue weighted by atomic mass is 10.6. The molecular formula is C8H17N. The quantitative estimate of drug-likeness (QED) is 0.484. The van der Waals surface area contributed by atoms with Crippen molar-refractivity contribution >= 4 is 0 Å². The molecule has 1 heteroatoms. The number of nitrogens with zero attached hydrogens (tertiary/aromatic N) is 1. The van der Waals surface area contributed by atoms with Gasteiger partial charge < -0.3 is 0 Å². The van der Waals surface area contributed by atoms with E-state index in [0.29, 0.717) is 0 Å². The predicted molar refractivity (Wildman–Crippen MR) is 43.4 cm³/mol. The minimum Gasteiger partial charge on any atom is -0.299 e. The molecule has 0 atom stereocenters. The predicted octanol–water partition coefficient (Wildman–Crippen LogP) is 1.60. The molecule has 0 amide bonds. The first-order valence-corrected chi connectivity index (χ1v) is 3.31. The molecule has 0 aromatic rings. The van der Waals surface area contributed by atoms with E-state index in [1.807, 2.05) is 39.8 Å². The van der Waals surface area contributed by atoms with Crippen molar-refractivity contribution in [2.45, 2.75) is 20.8 Å². The second-order valence-corrected chi connectivity index (χ2v) is 1.66. The molecule has 0 fully saturated rings. The van der Waals surface area contributed by atoms with E-state index in [2.05, 4.69) is 11.8 Å². The van der Waals surface area contributed by atoms with Gasteiger partial charge in [0, 0.05) is 0 Å². The molecule has 0 radical (unpaired) electrons. The summed E-state index contributed by atoms with van der Waals surface area (Å²) in [6.07, 6.45) is 0. The highest BCUT2D eigenvalue weighted by molar-refractivity contribution is 4.96. The van der Waals surface area contributed by atoms with Gasteiger partial charge in [0.15, 0.2) is 0 Å². The molecule has 0 unspecified atom stereocenters. The van der Waals surface area contributed by atoms with Crippen molar-refractivity contribution in [2.75, 3.05) is 20.6 Å². The second kappa shape index (κ2) is 10.5. The summed E-state index contributed by atoms with van der Waals surface area (Å²) in [6, 6.07) is 0. The zero-order chi connectivity index (χ0) is 7.70. The maximum atomic E-state index is 2.92. The van der Waals surface area contributed by atoms with E-state index in [0.717, 1.165) is 6.54 Å². The average molecular weight is 127 g/mol. The van der Waals surface area contributed by atoms with Crippen LogP contribution in [0.4, 0.5) is 0 Å². The molecule has 54 valence electrons. The normalized spacial score (nSPS) is 6.89. The summed E-state index contributed by atoms with van der Waals surface area (Å²) in [5, 5.41) is 0. The third kappa shape index (κ3) is 18.5. The molecule has 0 rings (SSSR count). The van der Waals surface area contributed by atoms with Gasteiger partial charge in [-0.05, 0) is 21.0 Å². The first kappa shape index (κ1) is 11.3. The fourth-order valence-corrected chi connectivity index (χ4v) is 0.237. The first-order valence-electron chi connectivity index (χ1n) is 3.31. The van der Waals surface area contributed by atoms with Crippen molar-refractivity contribution in [1.82, 2.24) is 4.90 Å². The minimum absolute atomic E-state index is 0.872. The van der Waals surface area contributed by atoms with E-state index in [4.69, 9.17) is 0 Å². The van der Waals surface area contributed by atoms with Gasteiger partial charge in [0.2, 0.25) is 0 Å². The molecule has 0 aromatic heterocycles. The summed E-state index contributed by atoms with van der Waals surface area (Å²) >= 11 is 0. The third-order valence-electron chi connectivity index (χ3n) is 0.572. The zero-order valence-electron chi connectivity index (χ0n) is 7.15.